The molecule has 0 saturated carbocycles. The molecular weight excluding hydrogens is 397 g/mol. The van der Waals surface area contributed by atoms with Crippen LogP contribution in [0.1, 0.15) is 18.5 Å². The summed E-state index contributed by atoms with van der Waals surface area (Å²) in [7, 11) is 8.08. The van der Waals surface area contributed by atoms with E-state index in [1.165, 1.54) is 18.0 Å². The van der Waals surface area contributed by atoms with Gasteiger partial charge in [0.2, 0.25) is 0 Å². The van der Waals surface area contributed by atoms with Crippen molar-refractivity contribution in [3.05, 3.63) is 11.1 Å². The Morgan fingerprint density at radius 1 is 1.24 bits per heavy atom. The Kier molecular flexibility index (Phi) is 7.72. The van der Waals surface area contributed by atoms with E-state index in [4.69, 9.17) is 4.98 Å². The van der Waals surface area contributed by atoms with Crippen molar-refractivity contribution in [2.24, 2.45) is 4.99 Å². The molecule has 1 saturated heterocycles. The lowest BCUT2D eigenvalue weighted by molar-refractivity contribution is 0.479. The summed E-state index contributed by atoms with van der Waals surface area (Å²) >= 11 is 1.76. The van der Waals surface area contributed by atoms with Crippen LogP contribution in [0, 0.1) is 0 Å². The predicted molar refractivity (Wildman–Crippen MR) is 102 cm³/mol. The minimum Gasteiger partial charge on any atom is -0.349 e. The first-order valence-electron chi connectivity index (χ1n) is 7.16. The summed E-state index contributed by atoms with van der Waals surface area (Å²) in [6.07, 6.45) is 3.51. The van der Waals surface area contributed by atoms with Gasteiger partial charge in [0.1, 0.15) is 0 Å². The van der Waals surface area contributed by atoms with Crippen LogP contribution in [-0.4, -0.2) is 68.6 Å². The Labute approximate surface area is 149 Å². The molecule has 0 atom stereocenters. The first-order chi connectivity index (χ1) is 9.58. The van der Waals surface area contributed by atoms with Crippen molar-refractivity contribution in [3.8, 4) is 0 Å². The summed E-state index contributed by atoms with van der Waals surface area (Å²) in [6, 6.07) is 0. The molecule has 7 heteroatoms. The number of anilines is 1. The molecule has 0 amide bonds. The number of hydrogen-bond acceptors (Lipinski definition) is 4. The predicted octanol–water partition coefficient (Wildman–Crippen LogP) is 2.38. The maximum atomic E-state index is 4.73. The fourth-order valence-electron chi connectivity index (χ4n) is 2.42. The molecule has 5 nitrogen and oxygen atoms in total. The molecule has 120 valence electrons. The smallest absolute Gasteiger partial charge is 0.195 e. The zero-order chi connectivity index (χ0) is 14.5. The molecule has 2 heterocycles. The number of halogens is 1. The van der Waals surface area contributed by atoms with Gasteiger partial charge in [-0.15, -0.1) is 35.3 Å². The summed E-state index contributed by atoms with van der Waals surface area (Å²) in [5, 5.41) is 3.36. The van der Waals surface area contributed by atoms with Crippen LogP contribution in [-0.2, 0) is 6.42 Å². The van der Waals surface area contributed by atoms with Crippen molar-refractivity contribution in [3.63, 3.8) is 0 Å². The number of nitrogens with zero attached hydrogens (tertiary/aromatic N) is 5. The van der Waals surface area contributed by atoms with E-state index >= 15 is 0 Å². The van der Waals surface area contributed by atoms with Gasteiger partial charge in [0, 0.05) is 59.6 Å². The van der Waals surface area contributed by atoms with Crippen molar-refractivity contribution in [2.75, 3.05) is 52.7 Å². The van der Waals surface area contributed by atoms with Crippen LogP contribution in [0.25, 0.3) is 0 Å². The maximum absolute atomic E-state index is 4.73. The van der Waals surface area contributed by atoms with Crippen LogP contribution >= 0.6 is 35.3 Å². The minimum absolute atomic E-state index is 0. The van der Waals surface area contributed by atoms with Crippen LogP contribution in [0.4, 0.5) is 5.13 Å². The van der Waals surface area contributed by atoms with Gasteiger partial charge in [-0.25, -0.2) is 4.98 Å². The SMILES string of the molecule is CN(C)C(=NCCc1csc(N2CCCC2)n1)N(C)C.I. The van der Waals surface area contributed by atoms with E-state index in [1.54, 1.807) is 11.3 Å². The van der Waals surface area contributed by atoms with Crippen molar-refractivity contribution >= 4 is 46.4 Å². The third-order valence-corrected chi connectivity index (χ3v) is 4.29. The standard InChI is InChI=1S/C14H25N5S.HI/c1-17(2)13(18(3)4)15-8-7-12-11-20-14(16-12)19-9-5-6-10-19;/h11H,5-10H2,1-4H3;1H. The minimum atomic E-state index is 0. The van der Waals surface area contributed by atoms with E-state index in [1.807, 2.05) is 38.0 Å². The largest absolute Gasteiger partial charge is 0.349 e. The van der Waals surface area contributed by atoms with E-state index < -0.39 is 0 Å². The summed E-state index contributed by atoms with van der Waals surface area (Å²) in [4.78, 5) is 15.8. The molecule has 1 fully saturated rings. The number of aromatic nitrogens is 1. The molecule has 1 aliphatic heterocycles. The molecule has 0 spiro atoms. The highest BCUT2D eigenvalue weighted by Gasteiger charge is 2.15. The number of aliphatic imine (C=N–C) groups is 1. The summed E-state index contributed by atoms with van der Waals surface area (Å²) in [6.45, 7) is 3.11. The van der Waals surface area contributed by atoms with Gasteiger partial charge in [-0.1, -0.05) is 0 Å². The van der Waals surface area contributed by atoms with E-state index in [-0.39, 0.29) is 24.0 Å². The second kappa shape index (κ2) is 8.77. The van der Waals surface area contributed by atoms with Crippen molar-refractivity contribution in [2.45, 2.75) is 19.3 Å². The molecule has 21 heavy (non-hydrogen) atoms. The molecule has 0 aliphatic carbocycles. The fourth-order valence-corrected chi connectivity index (χ4v) is 3.33. The number of hydrogen-bond donors (Lipinski definition) is 0. The number of thiazole rings is 1. The second-order valence-corrected chi connectivity index (χ2v) is 6.37. The molecule has 0 radical (unpaired) electrons. The second-order valence-electron chi connectivity index (χ2n) is 5.54. The van der Waals surface area contributed by atoms with Crippen LogP contribution in [0.2, 0.25) is 0 Å². The normalized spacial score (nSPS) is 13.8. The summed E-state index contributed by atoms with van der Waals surface area (Å²) in [5.74, 6) is 1.000. The van der Waals surface area contributed by atoms with E-state index in [0.717, 1.165) is 37.7 Å². The van der Waals surface area contributed by atoms with E-state index in [2.05, 4.69) is 15.3 Å². The highest BCUT2D eigenvalue weighted by atomic mass is 127. The monoisotopic (exact) mass is 423 g/mol. The van der Waals surface area contributed by atoms with Crippen molar-refractivity contribution < 1.29 is 0 Å². The highest BCUT2D eigenvalue weighted by molar-refractivity contribution is 14.0. The Bertz CT molecular complexity index is 442. The third kappa shape index (κ3) is 5.28. The van der Waals surface area contributed by atoms with Gasteiger partial charge in [0.05, 0.1) is 5.69 Å². The lowest BCUT2D eigenvalue weighted by Crippen LogP contribution is -2.35. The van der Waals surface area contributed by atoms with Gasteiger partial charge in [-0.3, -0.25) is 4.99 Å². The van der Waals surface area contributed by atoms with Crippen LogP contribution in [0.5, 0.6) is 0 Å². The molecule has 0 aromatic carbocycles. The Hall–Kier alpha value is -0.570. The molecule has 1 aromatic heterocycles. The van der Waals surface area contributed by atoms with Gasteiger partial charge in [-0.05, 0) is 12.8 Å². The molecule has 0 bridgehead atoms. The average Bonchev–Trinajstić information content (AvgIpc) is 3.03. The Morgan fingerprint density at radius 3 is 2.43 bits per heavy atom. The zero-order valence-corrected chi connectivity index (χ0v) is 16.5. The highest BCUT2D eigenvalue weighted by Crippen LogP contribution is 2.24. The van der Waals surface area contributed by atoms with E-state index in [9.17, 15) is 0 Å². The first-order valence-corrected chi connectivity index (χ1v) is 8.04. The average molecular weight is 423 g/mol. The van der Waals surface area contributed by atoms with Gasteiger partial charge < -0.3 is 14.7 Å². The van der Waals surface area contributed by atoms with Crippen molar-refractivity contribution in [1.82, 2.24) is 14.8 Å². The molecule has 2 rings (SSSR count). The van der Waals surface area contributed by atoms with Gasteiger partial charge in [0.25, 0.3) is 0 Å². The van der Waals surface area contributed by atoms with Crippen molar-refractivity contribution in [1.29, 1.82) is 0 Å². The molecule has 1 aliphatic rings. The summed E-state index contributed by atoms with van der Waals surface area (Å²) in [5.41, 5.74) is 1.16. The van der Waals surface area contributed by atoms with Gasteiger partial charge >= 0.3 is 0 Å². The zero-order valence-electron chi connectivity index (χ0n) is 13.4. The maximum Gasteiger partial charge on any atom is 0.195 e. The lowest BCUT2D eigenvalue weighted by Gasteiger charge is -2.22. The topological polar surface area (TPSA) is 35.0 Å². The molecule has 0 N–H and O–H groups in total. The molecular formula is C14H26IN5S. The number of guanidine groups is 1. The summed E-state index contributed by atoms with van der Waals surface area (Å²) < 4.78 is 0. The van der Waals surface area contributed by atoms with Gasteiger partial charge in [-0.2, -0.15) is 0 Å². The first kappa shape index (κ1) is 18.5. The van der Waals surface area contributed by atoms with Gasteiger partial charge in [0.15, 0.2) is 11.1 Å². The van der Waals surface area contributed by atoms with Crippen LogP contribution in [0.3, 0.4) is 0 Å². The third-order valence-electron chi connectivity index (χ3n) is 3.34. The molecule has 0 unspecified atom stereocenters. The molecule has 1 aromatic rings. The van der Waals surface area contributed by atoms with Crippen LogP contribution < -0.4 is 4.90 Å². The fraction of sp³-hybridized carbons (Fsp3) is 0.714. The quantitative estimate of drug-likeness (QED) is 0.423. The van der Waals surface area contributed by atoms with Crippen LogP contribution in [0.15, 0.2) is 10.4 Å². The lowest BCUT2D eigenvalue weighted by atomic mass is 10.3. The number of rotatable bonds is 4. The van der Waals surface area contributed by atoms with E-state index in [0.29, 0.717) is 0 Å². The Balaban J connectivity index is 0.00000220. The Morgan fingerprint density at radius 2 is 1.86 bits per heavy atom.